The zero-order valence-corrected chi connectivity index (χ0v) is 17.2. The van der Waals surface area contributed by atoms with Crippen LogP contribution >= 0.6 is 0 Å². The van der Waals surface area contributed by atoms with Crippen LogP contribution in [0.25, 0.3) is 0 Å². The first-order valence-electron chi connectivity index (χ1n) is 10.1. The summed E-state index contributed by atoms with van der Waals surface area (Å²) in [5, 5.41) is 10.8. The van der Waals surface area contributed by atoms with Gasteiger partial charge in [-0.1, -0.05) is 36.4 Å². The number of rotatable bonds is 6. The van der Waals surface area contributed by atoms with E-state index in [-0.39, 0.29) is 12.2 Å². The molecule has 0 aliphatic carbocycles. The number of aliphatic hydroxyl groups is 1. The average Bonchev–Trinajstić information content (AvgIpc) is 3.13. The molecule has 1 aromatic heterocycles. The van der Waals surface area contributed by atoms with E-state index >= 15 is 0 Å². The molecule has 0 bridgehead atoms. The second-order valence-electron chi connectivity index (χ2n) is 7.27. The molecular formula is C23H20N2O8. The molecule has 3 aromatic rings. The van der Waals surface area contributed by atoms with Gasteiger partial charge in [-0.05, 0) is 24.3 Å². The lowest BCUT2D eigenvalue weighted by molar-refractivity contribution is -0.0614. The average molecular weight is 452 g/mol. The molecule has 1 aliphatic heterocycles. The highest BCUT2D eigenvalue weighted by atomic mass is 16.6. The number of carbonyl (C=O) groups is 2. The summed E-state index contributed by atoms with van der Waals surface area (Å²) in [6.45, 7) is -0.355. The SMILES string of the molecule is O=C(OC[C@@H]1O[C@@H](n2ccc(=O)[nH]c2=O)[C@@H](O)[C@@H]1OC(=O)c1ccccc1)c1ccccc1. The van der Waals surface area contributed by atoms with E-state index in [1.54, 1.807) is 60.7 Å². The molecule has 0 unspecified atom stereocenters. The molecule has 170 valence electrons. The monoisotopic (exact) mass is 452 g/mol. The van der Waals surface area contributed by atoms with Gasteiger partial charge in [0.2, 0.25) is 0 Å². The third-order valence-corrected chi connectivity index (χ3v) is 5.08. The maximum Gasteiger partial charge on any atom is 0.338 e. The van der Waals surface area contributed by atoms with E-state index in [1.807, 2.05) is 0 Å². The van der Waals surface area contributed by atoms with Gasteiger partial charge in [0.1, 0.15) is 18.8 Å². The lowest BCUT2D eigenvalue weighted by Gasteiger charge is -2.20. The van der Waals surface area contributed by atoms with Gasteiger partial charge in [0.15, 0.2) is 12.3 Å². The number of hydrogen-bond acceptors (Lipinski definition) is 8. The predicted molar refractivity (Wildman–Crippen MR) is 114 cm³/mol. The largest absolute Gasteiger partial charge is 0.459 e. The zero-order valence-electron chi connectivity index (χ0n) is 17.2. The Hall–Kier alpha value is -4.02. The van der Waals surface area contributed by atoms with Crippen LogP contribution in [0.4, 0.5) is 0 Å². The quantitative estimate of drug-likeness (QED) is 0.526. The first kappa shape index (κ1) is 22.2. The Morgan fingerprint density at radius 1 is 0.939 bits per heavy atom. The molecule has 1 fully saturated rings. The number of nitrogens with one attached hydrogen (secondary N) is 1. The number of aromatic amines is 1. The summed E-state index contributed by atoms with van der Waals surface area (Å²) in [5.41, 5.74) is -0.887. The van der Waals surface area contributed by atoms with E-state index < -0.39 is 47.7 Å². The number of aromatic nitrogens is 2. The zero-order chi connectivity index (χ0) is 23.4. The van der Waals surface area contributed by atoms with Crippen molar-refractivity contribution in [1.29, 1.82) is 0 Å². The number of carbonyl (C=O) groups excluding carboxylic acids is 2. The third kappa shape index (κ3) is 4.92. The number of esters is 2. The van der Waals surface area contributed by atoms with Gasteiger partial charge in [0.05, 0.1) is 11.1 Å². The second kappa shape index (κ2) is 9.63. The summed E-state index contributed by atoms with van der Waals surface area (Å²) < 4.78 is 17.5. The molecule has 10 heteroatoms. The van der Waals surface area contributed by atoms with Crippen LogP contribution in [-0.2, 0) is 14.2 Å². The smallest absolute Gasteiger partial charge is 0.338 e. The summed E-state index contributed by atoms with van der Waals surface area (Å²) in [5.74, 6) is -1.36. The van der Waals surface area contributed by atoms with Crippen LogP contribution in [0, 0.1) is 0 Å². The van der Waals surface area contributed by atoms with Crippen molar-refractivity contribution in [2.24, 2.45) is 0 Å². The number of benzene rings is 2. The third-order valence-electron chi connectivity index (χ3n) is 5.08. The molecule has 0 amide bonds. The Labute approximate surface area is 187 Å². The summed E-state index contributed by atoms with van der Waals surface area (Å²) >= 11 is 0. The minimum Gasteiger partial charge on any atom is -0.459 e. The summed E-state index contributed by atoms with van der Waals surface area (Å²) in [6.07, 6.45) is -3.96. The van der Waals surface area contributed by atoms with Crippen LogP contribution in [-0.4, -0.2) is 51.5 Å². The van der Waals surface area contributed by atoms with Gasteiger partial charge in [-0.3, -0.25) is 14.3 Å². The number of nitrogens with zero attached hydrogens (tertiary/aromatic N) is 1. The van der Waals surface area contributed by atoms with E-state index in [0.29, 0.717) is 5.56 Å². The second-order valence-corrected chi connectivity index (χ2v) is 7.27. The molecule has 4 atom stereocenters. The van der Waals surface area contributed by atoms with E-state index in [2.05, 4.69) is 4.98 Å². The van der Waals surface area contributed by atoms with E-state index in [0.717, 1.165) is 16.8 Å². The van der Waals surface area contributed by atoms with Crippen LogP contribution in [0.2, 0.25) is 0 Å². The van der Waals surface area contributed by atoms with Crippen LogP contribution in [0.5, 0.6) is 0 Å². The van der Waals surface area contributed by atoms with Gasteiger partial charge in [-0.25, -0.2) is 14.4 Å². The fourth-order valence-electron chi connectivity index (χ4n) is 3.44. The number of hydrogen-bond donors (Lipinski definition) is 2. The van der Waals surface area contributed by atoms with Gasteiger partial charge >= 0.3 is 17.6 Å². The van der Waals surface area contributed by atoms with Gasteiger partial charge < -0.3 is 19.3 Å². The van der Waals surface area contributed by atoms with Crippen LogP contribution in [0.1, 0.15) is 26.9 Å². The van der Waals surface area contributed by atoms with Crippen molar-refractivity contribution in [2.45, 2.75) is 24.5 Å². The van der Waals surface area contributed by atoms with E-state index in [4.69, 9.17) is 14.2 Å². The van der Waals surface area contributed by atoms with Crippen LogP contribution in [0.15, 0.2) is 82.5 Å². The minimum absolute atomic E-state index is 0.245. The number of aliphatic hydroxyl groups excluding tert-OH is 1. The van der Waals surface area contributed by atoms with Crippen molar-refractivity contribution in [1.82, 2.24) is 9.55 Å². The van der Waals surface area contributed by atoms with Crippen molar-refractivity contribution in [3.8, 4) is 0 Å². The minimum atomic E-state index is -1.48. The van der Waals surface area contributed by atoms with Crippen molar-refractivity contribution >= 4 is 11.9 Å². The van der Waals surface area contributed by atoms with Gasteiger partial charge in [-0.2, -0.15) is 0 Å². The topological polar surface area (TPSA) is 137 Å². The maximum absolute atomic E-state index is 12.6. The van der Waals surface area contributed by atoms with Crippen molar-refractivity contribution in [2.75, 3.05) is 6.61 Å². The first-order chi connectivity index (χ1) is 15.9. The van der Waals surface area contributed by atoms with Gasteiger partial charge in [0.25, 0.3) is 5.56 Å². The fourth-order valence-corrected chi connectivity index (χ4v) is 3.44. The first-order valence-corrected chi connectivity index (χ1v) is 10.1. The molecule has 2 aromatic carbocycles. The fraction of sp³-hybridized carbons (Fsp3) is 0.217. The lowest BCUT2D eigenvalue weighted by Crippen LogP contribution is -2.40. The molecule has 2 heterocycles. The Morgan fingerprint density at radius 3 is 2.15 bits per heavy atom. The van der Waals surface area contributed by atoms with E-state index in [9.17, 15) is 24.3 Å². The Morgan fingerprint density at radius 2 is 1.55 bits per heavy atom. The summed E-state index contributed by atoms with van der Waals surface area (Å²) in [7, 11) is 0. The molecule has 0 saturated carbocycles. The van der Waals surface area contributed by atoms with Crippen LogP contribution in [0.3, 0.4) is 0 Å². The standard InChI is InChI=1S/C23H20N2O8/c26-17-11-12-25(23(30)24-17)20-18(27)19(33-22(29)15-9-5-2-6-10-15)16(32-20)13-31-21(28)14-7-3-1-4-8-14/h1-12,16,18-20,27H,13H2,(H,24,26,30)/t16-,18-,19+,20+/m0/s1. The van der Waals surface area contributed by atoms with Gasteiger partial charge in [0, 0.05) is 12.3 Å². The molecule has 1 saturated heterocycles. The molecule has 10 nitrogen and oxygen atoms in total. The molecule has 2 N–H and O–H groups in total. The van der Waals surface area contributed by atoms with Crippen molar-refractivity contribution in [3.05, 3.63) is 105 Å². The highest BCUT2D eigenvalue weighted by Gasteiger charge is 2.48. The normalized spacial score (nSPS) is 22.0. The molecule has 0 spiro atoms. The lowest BCUT2D eigenvalue weighted by atomic mass is 10.1. The van der Waals surface area contributed by atoms with Crippen molar-refractivity contribution in [3.63, 3.8) is 0 Å². The molecule has 0 radical (unpaired) electrons. The Balaban J connectivity index is 1.56. The number of H-pyrrole nitrogens is 1. The Bertz CT molecular complexity index is 1240. The van der Waals surface area contributed by atoms with Gasteiger partial charge in [-0.15, -0.1) is 0 Å². The molecular weight excluding hydrogens is 432 g/mol. The van der Waals surface area contributed by atoms with E-state index in [1.165, 1.54) is 0 Å². The number of ether oxygens (including phenoxy) is 3. The van der Waals surface area contributed by atoms with Crippen LogP contribution < -0.4 is 11.2 Å². The summed E-state index contributed by atoms with van der Waals surface area (Å²) in [6, 6.07) is 17.5. The predicted octanol–water partition coefficient (Wildman–Crippen LogP) is 0.878. The Kier molecular flexibility index (Phi) is 6.48. The summed E-state index contributed by atoms with van der Waals surface area (Å²) in [4.78, 5) is 50.6. The molecule has 4 rings (SSSR count). The van der Waals surface area contributed by atoms with Crippen molar-refractivity contribution < 1.29 is 28.9 Å². The molecule has 1 aliphatic rings. The highest BCUT2D eigenvalue weighted by molar-refractivity contribution is 5.90. The highest BCUT2D eigenvalue weighted by Crippen LogP contribution is 2.31. The maximum atomic E-state index is 12.6. The molecule has 33 heavy (non-hydrogen) atoms.